The Bertz CT molecular complexity index is 1260. The number of rotatable bonds is 5. The van der Waals surface area contributed by atoms with E-state index in [1.807, 2.05) is 59.2 Å². The quantitative estimate of drug-likeness (QED) is 0.486. The summed E-state index contributed by atoms with van der Waals surface area (Å²) in [5.41, 5.74) is 7.51. The topological polar surface area (TPSA) is 85.5 Å². The minimum absolute atomic E-state index is 0.0191. The van der Waals surface area contributed by atoms with Crippen molar-refractivity contribution in [3.63, 3.8) is 0 Å². The van der Waals surface area contributed by atoms with Gasteiger partial charge >= 0.3 is 6.03 Å². The second kappa shape index (κ2) is 9.68. The van der Waals surface area contributed by atoms with Gasteiger partial charge in [-0.05, 0) is 36.8 Å². The Morgan fingerprint density at radius 2 is 1.89 bits per heavy atom. The number of carbonyl (C=O) groups excluding carboxylic acids is 1. The van der Waals surface area contributed by atoms with Crippen molar-refractivity contribution in [1.82, 2.24) is 19.8 Å². The van der Waals surface area contributed by atoms with Crippen molar-refractivity contribution in [2.75, 3.05) is 43.5 Å². The molecular formula is C27H30N6O2. The van der Waals surface area contributed by atoms with E-state index in [1.165, 1.54) is 0 Å². The van der Waals surface area contributed by atoms with Gasteiger partial charge in [-0.2, -0.15) is 0 Å². The first-order chi connectivity index (χ1) is 17.0. The van der Waals surface area contributed by atoms with Crippen LogP contribution in [0.15, 0.2) is 67.5 Å². The molecule has 3 N–H and O–H groups in total. The van der Waals surface area contributed by atoms with Crippen LogP contribution in [0.5, 0.6) is 0 Å². The van der Waals surface area contributed by atoms with Gasteiger partial charge < -0.3 is 30.2 Å². The highest BCUT2D eigenvalue weighted by molar-refractivity contribution is 5.93. The third-order valence-corrected chi connectivity index (χ3v) is 6.15. The van der Waals surface area contributed by atoms with E-state index in [0.29, 0.717) is 39.4 Å². The van der Waals surface area contributed by atoms with Crippen molar-refractivity contribution < 1.29 is 9.53 Å². The molecule has 3 aromatic rings. The third kappa shape index (κ3) is 4.79. The fourth-order valence-electron chi connectivity index (χ4n) is 4.59. The number of aromatic amines is 1. The minimum atomic E-state index is 0.0191. The van der Waals surface area contributed by atoms with Gasteiger partial charge in [0.25, 0.3) is 0 Å². The van der Waals surface area contributed by atoms with E-state index in [9.17, 15) is 4.79 Å². The van der Waals surface area contributed by atoms with Crippen molar-refractivity contribution in [1.29, 1.82) is 0 Å². The van der Waals surface area contributed by atoms with Crippen LogP contribution in [0, 0.1) is 0 Å². The van der Waals surface area contributed by atoms with E-state index >= 15 is 0 Å². The average Bonchev–Trinajstić information content (AvgIpc) is 3.23. The number of allylic oxidation sites excluding steroid dienone is 1. The average molecular weight is 471 g/mol. The maximum Gasteiger partial charge on any atom is 0.320 e. The maximum absolute atomic E-state index is 13.2. The molecule has 8 heteroatoms. The number of benzene rings is 1. The van der Waals surface area contributed by atoms with E-state index in [2.05, 4.69) is 33.8 Å². The van der Waals surface area contributed by atoms with Crippen LogP contribution in [-0.2, 0) is 11.3 Å². The van der Waals surface area contributed by atoms with Gasteiger partial charge in [-0.3, -0.25) is 0 Å². The lowest BCUT2D eigenvalue weighted by Crippen LogP contribution is -2.49. The molecule has 0 aliphatic carbocycles. The highest BCUT2D eigenvalue weighted by Gasteiger charge is 2.32. The predicted octanol–water partition coefficient (Wildman–Crippen LogP) is 5.05. The summed E-state index contributed by atoms with van der Waals surface area (Å²) in [5, 5.41) is 6.78. The van der Waals surface area contributed by atoms with Gasteiger partial charge in [-0.1, -0.05) is 31.4 Å². The van der Waals surface area contributed by atoms with Crippen molar-refractivity contribution in [2.24, 2.45) is 0 Å². The first kappa shape index (κ1) is 22.7. The number of morpholine rings is 1. The van der Waals surface area contributed by atoms with Crippen molar-refractivity contribution in [3.8, 4) is 11.3 Å². The smallest absolute Gasteiger partial charge is 0.320 e. The Morgan fingerprint density at radius 3 is 2.63 bits per heavy atom. The van der Waals surface area contributed by atoms with Crippen LogP contribution >= 0.6 is 0 Å². The zero-order valence-corrected chi connectivity index (χ0v) is 19.9. The Hall–Kier alpha value is -4.04. The molecule has 2 aliphatic heterocycles. The minimum Gasteiger partial charge on any atom is -0.378 e. The van der Waals surface area contributed by atoms with Crippen LogP contribution in [-0.4, -0.2) is 58.6 Å². The van der Waals surface area contributed by atoms with Gasteiger partial charge in [0, 0.05) is 54.0 Å². The number of pyridine rings is 1. The molecule has 0 radical (unpaired) electrons. The van der Waals surface area contributed by atoms with Gasteiger partial charge in [0.15, 0.2) is 0 Å². The van der Waals surface area contributed by atoms with Crippen LogP contribution in [0.3, 0.4) is 0 Å². The molecule has 1 saturated heterocycles. The summed E-state index contributed by atoms with van der Waals surface area (Å²) >= 11 is 0. The molecule has 0 bridgehead atoms. The summed E-state index contributed by atoms with van der Waals surface area (Å²) < 4.78 is 5.41. The molecule has 0 atom stereocenters. The van der Waals surface area contributed by atoms with Crippen LogP contribution < -0.4 is 10.6 Å². The van der Waals surface area contributed by atoms with Gasteiger partial charge in [0.2, 0.25) is 0 Å². The summed E-state index contributed by atoms with van der Waals surface area (Å²) in [6.07, 6.45) is 1.77. The summed E-state index contributed by atoms with van der Waals surface area (Å²) in [7, 11) is 0. The number of aromatic nitrogens is 2. The molecule has 2 aliphatic rings. The van der Waals surface area contributed by atoms with E-state index in [-0.39, 0.29) is 6.03 Å². The number of urea groups is 1. The largest absolute Gasteiger partial charge is 0.378 e. The molecule has 4 heterocycles. The molecule has 8 nitrogen and oxygen atoms in total. The summed E-state index contributed by atoms with van der Waals surface area (Å²) in [5.74, 6) is 0.719. The molecule has 2 aromatic heterocycles. The Balaban J connectivity index is 1.53. The highest BCUT2D eigenvalue weighted by Crippen LogP contribution is 2.42. The predicted molar refractivity (Wildman–Crippen MR) is 139 cm³/mol. The lowest BCUT2D eigenvalue weighted by Gasteiger charge is -2.35. The Morgan fingerprint density at radius 1 is 1.11 bits per heavy atom. The molecule has 0 saturated carbocycles. The van der Waals surface area contributed by atoms with Crippen molar-refractivity contribution in [2.45, 2.75) is 13.5 Å². The molecule has 0 spiro atoms. The molecule has 1 aromatic carbocycles. The highest BCUT2D eigenvalue weighted by atomic mass is 16.5. The first-order valence-electron chi connectivity index (χ1n) is 11.7. The number of para-hydroxylation sites is 1. The second-order valence-electron chi connectivity index (χ2n) is 8.90. The first-order valence-corrected chi connectivity index (χ1v) is 11.7. The molecule has 5 rings (SSSR count). The summed E-state index contributed by atoms with van der Waals surface area (Å²) in [4.78, 5) is 24.9. The van der Waals surface area contributed by atoms with Crippen LogP contribution in [0.4, 0.5) is 22.0 Å². The second-order valence-corrected chi connectivity index (χ2v) is 8.90. The molecule has 180 valence electrons. The standard InChI is InChI=1S/C27H30N6O2/c1-18(2)29-23-15-20(9-10-28-23)25-26(30-21-7-5-4-6-8-21)24-19(3)16-33(17-22(24)31-25)27(34)32-11-13-35-14-12-32/h4-10,15,30-31H,1,3,11-14,16-17H2,2H3,(H,28,29). The van der Waals surface area contributed by atoms with E-state index in [1.54, 1.807) is 6.20 Å². The zero-order chi connectivity index (χ0) is 24.4. The van der Waals surface area contributed by atoms with Gasteiger partial charge in [-0.15, -0.1) is 0 Å². The number of fused-ring (bicyclic) bond motifs is 1. The summed E-state index contributed by atoms with van der Waals surface area (Å²) in [6, 6.07) is 14.0. The van der Waals surface area contributed by atoms with Crippen LogP contribution in [0.1, 0.15) is 18.2 Å². The monoisotopic (exact) mass is 470 g/mol. The van der Waals surface area contributed by atoms with E-state index in [4.69, 9.17) is 4.74 Å². The number of hydrogen-bond donors (Lipinski definition) is 3. The van der Waals surface area contributed by atoms with E-state index in [0.717, 1.165) is 51.0 Å². The molecule has 0 unspecified atom stereocenters. The fourth-order valence-corrected chi connectivity index (χ4v) is 4.59. The van der Waals surface area contributed by atoms with Gasteiger partial charge in [0.1, 0.15) is 5.82 Å². The zero-order valence-electron chi connectivity index (χ0n) is 19.9. The molecular weight excluding hydrogens is 440 g/mol. The van der Waals surface area contributed by atoms with Crippen LogP contribution in [0.2, 0.25) is 0 Å². The Kier molecular flexibility index (Phi) is 6.29. The molecule has 2 amide bonds. The third-order valence-electron chi connectivity index (χ3n) is 6.15. The van der Waals surface area contributed by atoms with Gasteiger partial charge in [-0.25, -0.2) is 9.78 Å². The van der Waals surface area contributed by atoms with Gasteiger partial charge in [0.05, 0.1) is 31.1 Å². The normalized spacial score (nSPS) is 15.5. The molecule has 1 fully saturated rings. The molecule has 35 heavy (non-hydrogen) atoms. The lowest BCUT2D eigenvalue weighted by molar-refractivity contribution is 0.0434. The number of amides is 2. The van der Waals surface area contributed by atoms with Crippen LogP contribution in [0.25, 0.3) is 16.8 Å². The number of H-pyrrole nitrogens is 1. The maximum atomic E-state index is 13.2. The number of ether oxygens (including phenoxy) is 1. The number of hydrogen-bond acceptors (Lipinski definition) is 5. The lowest BCUT2D eigenvalue weighted by atomic mass is 9.99. The van der Waals surface area contributed by atoms with E-state index < -0.39 is 0 Å². The number of nitrogens with one attached hydrogen (secondary N) is 3. The number of carbonyl (C=O) groups is 1. The van der Waals surface area contributed by atoms with Crippen molar-refractivity contribution >= 4 is 28.8 Å². The fraction of sp³-hybridized carbons (Fsp3) is 0.259. The SMILES string of the molecule is C=C(C)Nc1cc(-c2[nH]c3c(c2Nc2ccccc2)C(=C)CN(C(=O)N2CCOCC2)C3)ccn1. The van der Waals surface area contributed by atoms with Crippen molar-refractivity contribution in [3.05, 3.63) is 78.8 Å². The summed E-state index contributed by atoms with van der Waals surface area (Å²) in [6.45, 7) is 13.5. The number of anilines is 3. The number of nitrogens with zero attached hydrogens (tertiary/aromatic N) is 3. The Labute approximate surface area is 205 Å².